The molecular formula is C20H19N3O4S2. The van der Waals surface area contributed by atoms with E-state index in [0.29, 0.717) is 17.1 Å². The summed E-state index contributed by atoms with van der Waals surface area (Å²) in [4.78, 5) is 23.2. The first kappa shape index (κ1) is 20.6. The fraction of sp³-hybridized carbons (Fsp3) is 0.100. The maximum absolute atomic E-state index is 12.2. The Balaban J connectivity index is 1.56. The number of carbonyl (C=O) groups excluding carboxylic acids is 2. The maximum atomic E-state index is 12.2. The second kappa shape index (κ2) is 8.89. The zero-order chi connectivity index (χ0) is 20.9. The van der Waals surface area contributed by atoms with Crippen LogP contribution < -0.4 is 15.4 Å². The molecular weight excluding hydrogens is 410 g/mol. The van der Waals surface area contributed by atoms with Gasteiger partial charge in [-0.2, -0.15) is 0 Å². The minimum atomic E-state index is -3.59. The topological polar surface area (TPSA) is 104 Å². The van der Waals surface area contributed by atoms with Crippen molar-refractivity contribution in [3.05, 3.63) is 71.6 Å². The van der Waals surface area contributed by atoms with E-state index in [1.807, 2.05) is 0 Å². The van der Waals surface area contributed by atoms with Crippen LogP contribution in [0.5, 0.6) is 0 Å². The van der Waals surface area contributed by atoms with Crippen molar-refractivity contribution in [2.24, 2.45) is 0 Å². The van der Waals surface area contributed by atoms with Gasteiger partial charge in [0.1, 0.15) is 4.21 Å². The van der Waals surface area contributed by atoms with Gasteiger partial charge in [-0.15, -0.1) is 11.3 Å². The molecule has 0 unspecified atom stereocenters. The van der Waals surface area contributed by atoms with Crippen molar-refractivity contribution >= 4 is 50.2 Å². The first-order valence-electron chi connectivity index (χ1n) is 8.64. The van der Waals surface area contributed by atoms with Gasteiger partial charge in [0.05, 0.1) is 6.42 Å². The molecule has 0 aliphatic carbocycles. The van der Waals surface area contributed by atoms with Gasteiger partial charge in [-0.25, -0.2) is 8.42 Å². The van der Waals surface area contributed by atoms with E-state index in [1.165, 1.54) is 13.0 Å². The van der Waals surface area contributed by atoms with Crippen molar-refractivity contribution in [2.75, 3.05) is 15.4 Å². The third-order valence-electron chi connectivity index (χ3n) is 3.82. The normalized spacial score (nSPS) is 10.9. The molecule has 2 aromatic carbocycles. The van der Waals surface area contributed by atoms with E-state index in [2.05, 4.69) is 15.4 Å². The van der Waals surface area contributed by atoms with Crippen LogP contribution in [0, 0.1) is 0 Å². The van der Waals surface area contributed by atoms with Gasteiger partial charge in [0.25, 0.3) is 10.0 Å². The van der Waals surface area contributed by atoms with Crippen LogP contribution in [-0.2, 0) is 26.0 Å². The largest absolute Gasteiger partial charge is 0.326 e. The zero-order valence-corrected chi connectivity index (χ0v) is 17.1. The van der Waals surface area contributed by atoms with Gasteiger partial charge in [0.2, 0.25) is 11.8 Å². The van der Waals surface area contributed by atoms with Crippen LogP contribution in [0.3, 0.4) is 0 Å². The van der Waals surface area contributed by atoms with Gasteiger partial charge < -0.3 is 10.6 Å². The minimum absolute atomic E-state index is 0.144. The highest BCUT2D eigenvalue weighted by Gasteiger charge is 2.15. The lowest BCUT2D eigenvalue weighted by Gasteiger charge is -2.09. The highest BCUT2D eigenvalue weighted by Crippen LogP contribution is 2.21. The Morgan fingerprint density at radius 1 is 0.862 bits per heavy atom. The molecule has 3 rings (SSSR count). The fourth-order valence-electron chi connectivity index (χ4n) is 2.54. The van der Waals surface area contributed by atoms with E-state index in [-0.39, 0.29) is 22.4 Å². The maximum Gasteiger partial charge on any atom is 0.271 e. The van der Waals surface area contributed by atoms with Crippen molar-refractivity contribution in [3.8, 4) is 0 Å². The number of carbonyl (C=O) groups is 2. The molecule has 0 bridgehead atoms. The third kappa shape index (κ3) is 5.90. The van der Waals surface area contributed by atoms with Crippen LogP contribution in [0.25, 0.3) is 0 Å². The number of thiophene rings is 1. The minimum Gasteiger partial charge on any atom is -0.326 e. The number of nitrogens with one attached hydrogen (secondary N) is 3. The molecule has 2 amide bonds. The summed E-state index contributed by atoms with van der Waals surface area (Å²) in [5.41, 5.74) is 2.44. The molecule has 0 saturated heterocycles. The molecule has 3 N–H and O–H groups in total. The van der Waals surface area contributed by atoms with Crippen molar-refractivity contribution in [3.63, 3.8) is 0 Å². The van der Waals surface area contributed by atoms with Crippen LogP contribution in [0.4, 0.5) is 17.1 Å². The van der Waals surface area contributed by atoms with Gasteiger partial charge in [-0.1, -0.05) is 18.2 Å². The van der Waals surface area contributed by atoms with Gasteiger partial charge in [0.15, 0.2) is 0 Å². The van der Waals surface area contributed by atoms with Gasteiger partial charge in [-0.3, -0.25) is 14.3 Å². The molecule has 0 saturated carbocycles. The number of amides is 2. The molecule has 3 aromatic rings. The summed E-state index contributed by atoms with van der Waals surface area (Å²) in [5.74, 6) is -0.368. The van der Waals surface area contributed by atoms with E-state index < -0.39 is 10.0 Å². The lowest BCUT2D eigenvalue weighted by Crippen LogP contribution is -2.15. The smallest absolute Gasteiger partial charge is 0.271 e. The molecule has 7 nitrogen and oxygen atoms in total. The highest BCUT2D eigenvalue weighted by molar-refractivity contribution is 7.94. The summed E-state index contributed by atoms with van der Waals surface area (Å²) in [6.07, 6.45) is 0.144. The second-order valence-electron chi connectivity index (χ2n) is 6.22. The molecule has 0 aliphatic heterocycles. The number of hydrogen-bond donors (Lipinski definition) is 3. The summed E-state index contributed by atoms with van der Waals surface area (Å²) in [6, 6.07) is 16.7. The molecule has 0 aliphatic rings. The number of sulfonamides is 1. The van der Waals surface area contributed by atoms with E-state index in [1.54, 1.807) is 60.0 Å². The predicted octanol–water partition coefficient (Wildman–Crippen LogP) is 3.69. The molecule has 0 atom stereocenters. The molecule has 9 heteroatoms. The van der Waals surface area contributed by atoms with Crippen molar-refractivity contribution in [2.45, 2.75) is 17.6 Å². The quantitative estimate of drug-likeness (QED) is 0.533. The van der Waals surface area contributed by atoms with Crippen molar-refractivity contribution < 1.29 is 18.0 Å². The number of benzene rings is 2. The van der Waals surface area contributed by atoms with E-state index in [0.717, 1.165) is 16.9 Å². The van der Waals surface area contributed by atoms with E-state index in [4.69, 9.17) is 0 Å². The zero-order valence-electron chi connectivity index (χ0n) is 15.5. The van der Waals surface area contributed by atoms with Crippen LogP contribution >= 0.6 is 11.3 Å². The Kier molecular flexibility index (Phi) is 6.30. The second-order valence-corrected chi connectivity index (χ2v) is 9.07. The first-order valence-corrected chi connectivity index (χ1v) is 11.0. The Morgan fingerprint density at radius 2 is 1.45 bits per heavy atom. The summed E-state index contributed by atoms with van der Waals surface area (Å²) < 4.78 is 27.2. The van der Waals surface area contributed by atoms with Crippen molar-refractivity contribution in [1.82, 2.24) is 0 Å². The van der Waals surface area contributed by atoms with Gasteiger partial charge in [-0.05, 0) is 53.4 Å². The first-order chi connectivity index (χ1) is 13.8. The van der Waals surface area contributed by atoms with E-state index >= 15 is 0 Å². The Bertz CT molecular complexity index is 1090. The van der Waals surface area contributed by atoms with Crippen LogP contribution in [0.1, 0.15) is 12.5 Å². The summed E-state index contributed by atoms with van der Waals surface area (Å²) >= 11 is 1.14. The Labute approximate surface area is 172 Å². The van der Waals surface area contributed by atoms with Gasteiger partial charge in [0, 0.05) is 24.0 Å². The Morgan fingerprint density at radius 3 is 2.00 bits per heavy atom. The molecule has 29 heavy (non-hydrogen) atoms. The monoisotopic (exact) mass is 429 g/mol. The average Bonchev–Trinajstić information content (AvgIpc) is 3.20. The SMILES string of the molecule is CC(=O)Nc1ccc(NC(=O)Cc2ccc(NS(=O)(=O)c3cccs3)cc2)cc1. The lowest BCUT2D eigenvalue weighted by atomic mass is 10.1. The average molecular weight is 430 g/mol. The van der Waals surface area contributed by atoms with Crippen LogP contribution in [0.2, 0.25) is 0 Å². The Hall–Kier alpha value is -3.17. The predicted molar refractivity (Wildman–Crippen MR) is 115 cm³/mol. The van der Waals surface area contributed by atoms with Gasteiger partial charge >= 0.3 is 0 Å². The van der Waals surface area contributed by atoms with Crippen molar-refractivity contribution in [1.29, 1.82) is 0 Å². The fourth-order valence-corrected chi connectivity index (χ4v) is 4.59. The summed E-state index contributed by atoms with van der Waals surface area (Å²) in [6.45, 7) is 1.42. The summed E-state index contributed by atoms with van der Waals surface area (Å²) in [5, 5.41) is 7.13. The molecule has 1 aromatic heterocycles. The summed E-state index contributed by atoms with van der Waals surface area (Å²) in [7, 11) is -3.59. The molecule has 0 spiro atoms. The number of rotatable bonds is 7. The standard InChI is InChI=1S/C20H19N3O4S2/c1-14(24)21-16-8-10-17(11-9-16)22-19(25)13-15-4-6-18(7-5-15)23-29(26,27)20-3-2-12-28-20/h2-12,23H,13H2,1H3,(H,21,24)(H,22,25). The van der Waals surface area contributed by atoms with Crippen LogP contribution in [0.15, 0.2) is 70.3 Å². The number of anilines is 3. The number of hydrogen-bond acceptors (Lipinski definition) is 5. The lowest BCUT2D eigenvalue weighted by molar-refractivity contribution is -0.116. The highest BCUT2D eigenvalue weighted by atomic mass is 32.2. The van der Waals surface area contributed by atoms with Crippen LogP contribution in [-0.4, -0.2) is 20.2 Å². The van der Waals surface area contributed by atoms with E-state index in [9.17, 15) is 18.0 Å². The molecule has 150 valence electrons. The molecule has 0 radical (unpaired) electrons. The molecule has 1 heterocycles. The molecule has 0 fully saturated rings. The third-order valence-corrected chi connectivity index (χ3v) is 6.60.